The van der Waals surface area contributed by atoms with Crippen LogP contribution in [0.1, 0.15) is 44.1 Å². The molecule has 1 aromatic heterocycles. The van der Waals surface area contributed by atoms with Crippen molar-refractivity contribution in [3.05, 3.63) is 69.5 Å². The maximum Gasteiger partial charge on any atom is 0.357 e. The van der Waals surface area contributed by atoms with Crippen molar-refractivity contribution >= 4 is 28.3 Å². The Hall–Kier alpha value is -2.54. The fraction of sp³-hybridized carbons (Fsp3) is 0.483. The monoisotopic (exact) mass is 509 g/mol. The molecule has 2 saturated heterocycles. The van der Waals surface area contributed by atoms with Gasteiger partial charge in [0.2, 0.25) is 0 Å². The summed E-state index contributed by atoms with van der Waals surface area (Å²) >= 11 is 6.32. The molecular formula is C29H36ClN3O3. The number of likely N-dealkylation sites (tertiary alicyclic amines) is 2. The number of benzene rings is 2. The molecule has 36 heavy (non-hydrogen) atoms. The van der Waals surface area contributed by atoms with Crippen molar-refractivity contribution in [1.29, 1.82) is 0 Å². The van der Waals surface area contributed by atoms with Crippen LogP contribution in [0.2, 0.25) is 5.02 Å². The van der Waals surface area contributed by atoms with Crippen LogP contribution in [0.5, 0.6) is 5.75 Å². The highest BCUT2D eigenvalue weighted by atomic mass is 35.5. The van der Waals surface area contributed by atoms with Gasteiger partial charge in [-0.3, -0.25) is 4.90 Å². The number of halogens is 1. The van der Waals surface area contributed by atoms with Gasteiger partial charge in [-0.15, -0.1) is 0 Å². The second kappa shape index (κ2) is 12.1. The molecule has 0 aliphatic carbocycles. The summed E-state index contributed by atoms with van der Waals surface area (Å²) in [7, 11) is 0. The smallest absolute Gasteiger partial charge is 0.357 e. The van der Waals surface area contributed by atoms with E-state index in [1.54, 1.807) is 6.07 Å². The van der Waals surface area contributed by atoms with E-state index in [1.165, 1.54) is 37.9 Å². The van der Waals surface area contributed by atoms with Crippen LogP contribution in [0.4, 0.5) is 5.69 Å². The predicted molar refractivity (Wildman–Crippen MR) is 146 cm³/mol. The molecule has 0 unspecified atom stereocenters. The third kappa shape index (κ3) is 6.41. The largest absolute Gasteiger partial charge is 0.494 e. The number of fused-ring (bicyclic) bond motifs is 1. The summed E-state index contributed by atoms with van der Waals surface area (Å²) in [5, 5.41) is 4.51. The lowest BCUT2D eigenvalue weighted by Gasteiger charge is -2.33. The normalized spacial score (nSPS) is 17.9. The fourth-order valence-corrected chi connectivity index (χ4v) is 5.51. The van der Waals surface area contributed by atoms with Gasteiger partial charge in [0.25, 0.3) is 0 Å². The minimum atomic E-state index is -0.496. The average molecular weight is 510 g/mol. The Morgan fingerprint density at radius 2 is 1.69 bits per heavy atom. The van der Waals surface area contributed by atoms with Crippen molar-refractivity contribution < 1.29 is 9.15 Å². The second-order valence-electron chi connectivity index (χ2n) is 10.0. The number of piperidine rings is 2. The van der Waals surface area contributed by atoms with E-state index < -0.39 is 5.63 Å². The Bertz CT molecular complexity index is 1180. The van der Waals surface area contributed by atoms with E-state index >= 15 is 0 Å². The predicted octanol–water partition coefficient (Wildman–Crippen LogP) is 5.78. The zero-order valence-corrected chi connectivity index (χ0v) is 21.6. The van der Waals surface area contributed by atoms with Gasteiger partial charge in [-0.05, 0) is 75.0 Å². The van der Waals surface area contributed by atoms with Crippen LogP contribution in [0.15, 0.2) is 57.7 Å². The van der Waals surface area contributed by atoms with Crippen LogP contribution >= 0.6 is 11.6 Å². The van der Waals surface area contributed by atoms with E-state index in [0.717, 1.165) is 63.2 Å². The molecule has 2 aliphatic heterocycles. The zero-order valence-electron chi connectivity index (χ0n) is 20.9. The second-order valence-corrected chi connectivity index (χ2v) is 10.4. The molecule has 0 amide bonds. The molecule has 5 rings (SSSR count). The number of nitrogens with zero attached hydrogens (tertiary/aromatic N) is 2. The van der Waals surface area contributed by atoms with Crippen LogP contribution in [0.25, 0.3) is 11.0 Å². The summed E-state index contributed by atoms with van der Waals surface area (Å²) in [5.74, 6) is 0.955. The molecule has 192 valence electrons. The molecule has 2 aliphatic rings. The lowest BCUT2D eigenvalue weighted by atomic mass is 10.0. The van der Waals surface area contributed by atoms with Crippen molar-refractivity contribution in [2.45, 2.75) is 51.1 Å². The van der Waals surface area contributed by atoms with Gasteiger partial charge >= 0.3 is 5.63 Å². The SMILES string of the molecule is O=c1oc2ccccc2c(NC2CCN(Cc3ccc(OCCCN4CCCCC4)cc3)CC2)c1Cl. The average Bonchev–Trinajstić information content (AvgIpc) is 2.92. The van der Waals surface area contributed by atoms with Crippen LogP contribution in [-0.4, -0.2) is 55.2 Å². The first-order chi connectivity index (χ1) is 17.7. The summed E-state index contributed by atoms with van der Waals surface area (Å²) in [6.45, 7) is 7.32. The Labute approximate surface area is 218 Å². The highest BCUT2D eigenvalue weighted by molar-refractivity contribution is 6.34. The van der Waals surface area contributed by atoms with E-state index in [2.05, 4.69) is 39.4 Å². The molecule has 3 heterocycles. The van der Waals surface area contributed by atoms with Crippen molar-refractivity contribution in [2.24, 2.45) is 0 Å². The molecule has 2 aromatic carbocycles. The van der Waals surface area contributed by atoms with Gasteiger partial charge in [-0.2, -0.15) is 0 Å². The number of anilines is 1. The van der Waals surface area contributed by atoms with Crippen LogP contribution in [0.3, 0.4) is 0 Å². The summed E-state index contributed by atoms with van der Waals surface area (Å²) < 4.78 is 11.3. The molecule has 6 nitrogen and oxygen atoms in total. The third-order valence-electron chi connectivity index (χ3n) is 7.36. The van der Waals surface area contributed by atoms with Gasteiger partial charge in [0.1, 0.15) is 16.4 Å². The van der Waals surface area contributed by atoms with Gasteiger partial charge in [0.15, 0.2) is 0 Å². The van der Waals surface area contributed by atoms with Gasteiger partial charge in [-0.25, -0.2) is 4.79 Å². The summed E-state index contributed by atoms with van der Waals surface area (Å²) in [5.41, 5.74) is 2.05. The minimum Gasteiger partial charge on any atom is -0.494 e. The molecule has 0 radical (unpaired) electrons. The Balaban J connectivity index is 1.07. The molecule has 0 atom stereocenters. The summed E-state index contributed by atoms with van der Waals surface area (Å²) in [6.07, 6.45) is 7.13. The topological polar surface area (TPSA) is 58.0 Å². The Morgan fingerprint density at radius 3 is 2.47 bits per heavy atom. The molecular weight excluding hydrogens is 474 g/mol. The first-order valence-electron chi connectivity index (χ1n) is 13.3. The standard InChI is InChI=1S/C29H36ClN3O3/c30-27-28(25-7-2-3-8-26(25)36-29(27)34)31-23-13-18-33(19-14-23)21-22-9-11-24(12-10-22)35-20-6-17-32-15-4-1-5-16-32/h2-3,7-12,23,31H,1,4-6,13-21H2. The van der Waals surface area contributed by atoms with Crippen molar-refractivity contribution in [1.82, 2.24) is 9.80 Å². The Morgan fingerprint density at radius 1 is 0.944 bits per heavy atom. The number of para-hydroxylation sites is 1. The van der Waals surface area contributed by atoms with Crippen molar-refractivity contribution in [2.75, 3.05) is 44.6 Å². The van der Waals surface area contributed by atoms with E-state index in [9.17, 15) is 4.79 Å². The maximum atomic E-state index is 12.2. The summed E-state index contributed by atoms with van der Waals surface area (Å²) in [6, 6.07) is 16.3. The number of nitrogens with one attached hydrogen (secondary N) is 1. The highest BCUT2D eigenvalue weighted by Crippen LogP contribution is 2.30. The Kier molecular flexibility index (Phi) is 8.47. The molecule has 0 saturated carbocycles. The van der Waals surface area contributed by atoms with Crippen molar-refractivity contribution in [3.8, 4) is 5.75 Å². The molecule has 0 spiro atoms. The van der Waals surface area contributed by atoms with E-state index in [4.69, 9.17) is 20.8 Å². The van der Waals surface area contributed by atoms with Crippen LogP contribution in [0, 0.1) is 0 Å². The first-order valence-corrected chi connectivity index (χ1v) is 13.7. The first kappa shape index (κ1) is 25.1. The van der Waals surface area contributed by atoms with Crippen molar-refractivity contribution in [3.63, 3.8) is 0 Å². The number of rotatable bonds is 9. The molecule has 0 bridgehead atoms. The third-order valence-corrected chi connectivity index (χ3v) is 7.70. The molecule has 2 fully saturated rings. The molecule has 1 N–H and O–H groups in total. The maximum absolute atomic E-state index is 12.2. The zero-order chi connectivity index (χ0) is 24.7. The van der Waals surface area contributed by atoms with Crippen LogP contribution < -0.4 is 15.7 Å². The van der Waals surface area contributed by atoms with E-state index in [-0.39, 0.29) is 11.1 Å². The number of ether oxygens (including phenoxy) is 1. The fourth-order valence-electron chi connectivity index (χ4n) is 5.32. The van der Waals surface area contributed by atoms with Gasteiger partial charge < -0.3 is 19.4 Å². The molecule has 3 aromatic rings. The minimum absolute atomic E-state index is 0.130. The van der Waals surface area contributed by atoms with Gasteiger partial charge in [0.05, 0.1) is 12.3 Å². The lowest BCUT2D eigenvalue weighted by Crippen LogP contribution is -2.38. The quantitative estimate of drug-likeness (QED) is 0.291. The van der Waals surface area contributed by atoms with Gasteiger partial charge in [-0.1, -0.05) is 42.3 Å². The lowest BCUT2D eigenvalue weighted by molar-refractivity contribution is 0.204. The number of hydrogen-bond donors (Lipinski definition) is 1. The summed E-state index contributed by atoms with van der Waals surface area (Å²) in [4.78, 5) is 17.2. The highest BCUT2D eigenvalue weighted by Gasteiger charge is 2.22. The molecule has 7 heteroatoms. The van der Waals surface area contributed by atoms with Gasteiger partial charge in [0, 0.05) is 37.6 Å². The number of hydrogen-bond acceptors (Lipinski definition) is 6. The van der Waals surface area contributed by atoms with E-state index in [1.807, 2.05) is 18.2 Å². The van der Waals surface area contributed by atoms with Crippen LogP contribution in [-0.2, 0) is 6.54 Å². The van der Waals surface area contributed by atoms with E-state index in [0.29, 0.717) is 11.3 Å².